The molecule has 0 aliphatic carbocycles. The van der Waals surface area contributed by atoms with Crippen molar-refractivity contribution in [3.05, 3.63) is 53.6 Å². The van der Waals surface area contributed by atoms with E-state index >= 15 is 0 Å². The van der Waals surface area contributed by atoms with E-state index in [4.69, 9.17) is 14.2 Å². The Labute approximate surface area is 156 Å². The zero-order valence-electron chi connectivity index (χ0n) is 15.9. The van der Waals surface area contributed by atoms with Crippen molar-refractivity contribution >= 4 is 0 Å². The van der Waals surface area contributed by atoms with E-state index in [-0.39, 0.29) is 0 Å². The van der Waals surface area contributed by atoms with Crippen LogP contribution in [0.3, 0.4) is 0 Å². The topological polar surface area (TPSA) is 34.2 Å². The number of nitrogens with zero attached hydrogens (tertiary/aromatic N) is 2. The molecule has 2 aromatic carbocycles. The molecule has 2 aromatic rings. The van der Waals surface area contributed by atoms with Crippen molar-refractivity contribution in [2.75, 3.05) is 47.5 Å². The summed E-state index contributed by atoms with van der Waals surface area (Å²) in [4.78, 5) is 4.98. The van der Waals surface area contributed by atoms with Crippen molar-refractivity contribution < 1.29 is 14.2 Å². The second-order valence-corrected chi connectivity index (χ2v) is 6.56. The van der Waals surface area contributed by atoms with Gasteiger partial charge in [-0.2, -0.15) is 0 Å². The molecule has 5 nitrogen and oxygen atoms in total. The van der Waals surface area contributed by atoms with Crippen molar-refractivity contribution in [3.63, 3.8) is 0 Å². The van der Waals surface area contributed by atoms with Crippen LogP contribution >= 0.6 is 0 Å². The van der Waals surface area contributed by atoms with Crippen molar-refractivity contribution in [1.82, 2.24) is 9.80 Å². The minimum Gasteiger partial charge on any atom is -0.496 e. The molecule has 1 fully saturated rings. The maximum atomic E-state index is 5.56. The highest BCUT2D eigenvalue weighted by Crippen LogP contribution is 2.35. The predicted molar refractivity (Wildman–Crippen MR) is 103 cm³/mol. The molecular weight excluding hydrogens is 328 g/mol. The lowest BCUT2D eigenvalue weighted by Crippen LogP contribution is -2.45. The molecule has 1 aliphatic rings. The number of piperazine rings is 1. The second-order valence-electron chi connectivity index (χ2n) is 6.56. The average Bonchev–Trinajstić information content (AvgIpc) is 2.70. The van der Waals surface area contributed by atoms with Crippen molar-refractivity contribution in [3.8, 4) is 17.2 Å². The van der Waals surface area contributed by atoms with E-state index < -0.39 is 0 Å². The minimum absolute atomic E-state index is 0.695. The van der Waals surface area contributed by atoms with E-state index in [2.05, 4.69) is 40.1 Å². The van der Waals surface area contributed by atoms with E-state index in [0.717, 1.165) is 56.3 Å². The summed E-state index contributed by atoms with van der Waals surface area (Å²) in [6, 6.07) is 14.6. The summed E-state index contributed by atoms with van der Waals surface area (Å²) in [5.41, 5.74) is 2.50. The third-order valence-electron chi connectivity index (χ3n) is 4.89. The van der Waals surface area contributed by atoms with Gasteiger partial charge in [0, 0.05) is 50.9 Å². The number of rotatable bonds is 7. The Morgan fingerprint density at radius 2 is 1.23 bits per heavy atom. The summed E-state index contributed by atoms with van der Waals surface area (Å²) < 4.78 is 16.4. The summed E-state index contributed by atoms with van der Waals surface area (Å²) in [6.45, 7) is 6.11. The number of hydrogen-bond donors (Lipinski definition) is 0. The summed E-state index contributed by atoms with van der Waals surface area (Å²) in [6.07, 6.45) is 0. The Hall–Kier alpha value is -2.24. The highest BCUT2D eigenvalue weighted by molar-refractivity contribution is 5.50. The van der Waals surface area contributed by atoms with Crippen LogP contribution in [0, 0.1) is 0 Å². The summed E-state index contributed by atoms with van der Waals surface area (Å²) in [7, 11) is 5.00. The maximum Gasteiger partial charge on any atom is 0.164 e. The molecular formula is C21H28N2O3. The Morgan fingerprint density at radius 1 is 0.692 bits per heavy atom. The third-order valence-corrected chi connectivity index (χ3v) is 4.89. The zero-order valence-corrected chi connectivity index (χ0v) is 15.9. The fraction of sp³-hybridized carbons (Fsp3) is 0.429. The lowest BCUT2D eigenvalue weighted by Gasteiger charge is -2.35. The van der Waals surface area contributed by atoms with Gasteiger partial charge in [-0.1, -0.05) is 30.3 Å². The van der Waals surface area contributed by atoms with Gasteiger partial charge in [-0.25, -0.2) is 0 Å². The first-order chi connectivity index (χ1) is 12.7. The number of ether oxygens (including phenoxy) is 3. The Bertz CT molecular complexity index is 698. The molecule has 0 aromatic heterocycles. The standard InChI is InChI=1S/C21H28N2O3/c1-24-19-14-21(26-3)20(25-2)13-18(19)16-23-11-9-22(10-12-23)15-17-7-5-4-6-8-17/h4-8,13-14H,9-12,15-16H2,1-3H3. The molecule has 0 unspecified atom stereocenters. The first-order valence-corrected chi connectivity index (χ1v) is 9.01. The zero-order chi connectivity index (χ0) is 18.4. The lowest BCUT2D eigenvalue weighted by molar-refractivity contribution is 0.121. The van der Waals surface area contributed by atoms with Crippen LogP contribution in [-0.2, 0) is 13.1 Å². The highest BCUT2D eigenvalue weighted by atomic mass is 16.5. The molecule has 1 aliphatic heterocycles. The molecule has 3 rings (SSSR count). The van der Waals surface area contributed by atoms with Gasteiger partial charge in [-0.15, -0.1) is 0 Å². The van der Waals surface area contributed by atoms with Gasteiger partial charge in [0.15, 0.2) is 11.5 Å². The fourth-order valence-electron chi connectivity index (χ4n) is 3.40. The van der Waals surface area contributed by atoms with Gasteiger partial charge in [-0.05, 0) is 11.6 Å². The maximum absolute atomic E-state index is 5.56. The first-order valence-electron chi connectivity index (χ1n) is 9.01. The second kappa shape index (κ2) is 8.92. The van der Waals surface area contributed by atoms with Gasteiger partial charge in [0.2, 0.25) is 0 Å². The normalized spacial score (nSPS) is 15.7. The molecule has 5 heteroatoms. The van der Waals surface area contributed by atoms with Crippen LogP contribution in [0.15, 0.2) is 42.5 Å². The number of hydrogen-bond acceptors (Lipinski definition) is 5. The van der Waals surface area contributed by atoms with Crippen molar-refractivity contribution in [1.29, 1.82) is 0 Å². The van der Waals surface area contributed by atoms with Gasteiger partial charge in [0.25, 0.3) is 0 Å². The Kier molecular flexibility index (Phi) is 6.36. The number of methoxy groups -OCH3 is 3. The van der Waals surface area contributed by atoms with Gasteiger partial charge in [0.05, 0.1) is 21.3 Å². The van der Waals surface area contributed by atoms with Crippen LogP contribution in [0.25, 0.3) is 0 Å². The summed E-state index contributed by atoms with van der Waals surface area (Å²) >= 11 is 0. The molecule has 0 N–H and O–H groups in total. The lowest BCUT2D eigenvalue weighted by atomic mass is 10.1. The molecule has 26 heavy (non-hydrogen) atoms. The van der Waals surface area contributed by atoms with Gasteiger partial charge >= 0.3 is 0 Å². The molecule has 0 amide bonds. The Morgan fingerprint density at radius 3 is 1.81 bits per heavy atom. The molecule has 1 saturated heterocycles. The van der Waals surface area contributed by atoms with Gasteiger partial charge in [-0.3, -0.25) is 9.80 Å². The smallest absolute Gasteiger partial charge is 0.164 e. The molecule has 140 valence electrons. The van der Waals surface area contributed by atoms with Gasteiger partial charge < -0.3 is 14.2 Å². The van der Waals surface area contributed by atoms with Crippen LogP contribution in [0.4, 0.5) is 0 Å². The minimum atomic E-state index is 0.695. The quantitative estimate of drug-likeness (QED) is 0.762. The molecule has 0 radical (unpaired) electrons. The van der Waals surface area contributed by atoms with Gasteiger partial charge in [0.1, 0.15) is 5.75 Å². The first kappa shape index (κ1) is 18.5. The molecule has 0 bridgehead atoms. The number of benzene rings is 2. The molecule has 0 saturated carbocycles. The van der Waals surface area contributed by atoms with Crippen LogP contribution in [0.2, 0.25) is 0 Å². The van der Waals surface area contributed by atoms with Crippen molar-refractivity contribution in [2.45, 2.75) is 13.1 Å². The SMILES string of the molecule is COc1cc(OC)c(OC)cc1CN1CCN(Cc2ccccc2)CC1. The average molecular weight is 356 g/mol. The van der Waals surface area contributed by atoms with E-state index in [1.165, 1.54) is 5.56 Å². The fourth-order valence-corrected chi connectivity index (χ4v) is 3.40. The van der Waals surface area contributed by atoms with E-state index in [1.807, 2.05) is 12.1 Å². The predicted octanol–water partition coefficient (Wildman–Crippen LogP) is 3.03. The van der Waals surface area contributed by atoms with E-state index in [9.17, 15) is 0 Å². The largest absolute Gasteiger partial charge is 0.496 e. The van der Waals surface area contributed by atoms with Crippen LogP contribution in [0.5, 0.6) is 17.2 Å². The summed E-state index contributed by atoms with van der Waals surface area (Å²) in [5, 5.41) is 0. The monoisotopic (exact) mass is 356 g/mol. The third kappa shape index (κ3) is 4.48. The van der Waals surface area contributed by atoms with E-state index in [0.29, 0.717) is 5.75 Å². The molecule has 1 heterocycles. The van der Waals surface area contributed by atoms with Crippen LogP contribution < -0.4 is 14.2 Å². The van der Waals surface area contributed by atoms with Crippen molar-refractivity contribution in [2.24, 2.45) is 0 Å². The van der Waals surface area contributed by atoms with E-state index in [1.54, 1.807) is 21.3 Å². The van der Waals surface area contributed by atoms with Crippen LogP contribution in [-0.4, -0.2) is 57.3 Å². The van der Waals surface area contributed by atoms with Crippen LogP contribution in [0.1, 0.15) is 11.1 Å². The molecule has 0 atom stereocenters. The summed E-state index contributed by atoms with van der Waals surface area (Å²) in [5.74, 6) is 2.28. The highest BCUT2D eigenvalue weighted by Gasteiger charge is 2.20. The molecule has 0 spiro atoms. The Balaban J connectivity index is 1.60.